The molecule has 0 unspecified atom stereocenters. The summed E-state index contributed by atoms with van der Waals surface area (Å²) in [6.07, 6.45) is 1.65. The van der Waals surface area contributed by atoms with E-state index in [-0.39, 0.29) is 11.4 Å². The van der Waals surface area contributed by atoms with Crippen molar-refractivity contribution in [3.8, 4) is 22.7 Å². The maximum absolute atomic E-state index is 13.6. The summed E-state index contributed by atoms with van der Waals surface area (Å²) in [7, 11) is 0. The van der Waals surface area contributed by atoms with Gasteiger partial charge < -0.3 is 8.98 Å². The van der Waals surface area contributed by atoms with Crippen LogP contribution in [0.2, 0.25) is 5.02 Å². The number of nitriles is 1. The molecule has 0 saturated carbocycles. The van der Waals surface area contributed by atoms with Gasteiger partial charge in [-0.2, -0.15) is 15.0 Å². The lowest BCUT2D eigenvalue weighted by atomic mass is 10.2. The summed E-state index contributed by atoms with van der Waals surface area (Å²) in [5, 5.41) is 17.1. The van der Waals surface area contributed by atoms with E-state index in [1.54, 1.807) is 60.0 Å². The maximum Gasteiger partial charge on any atom is 0.282 e. The zero-order valence-corrected chi connectivity index (χ0v) is 23.2. The van der Waals surface area contributed by atoms with Gasteiger partial charge in [0.1, 0.15) is 16.7 Å². The van der Waals surface area contributed by atoms with Crippen LogP contribution < -0.4 is 5.56 Å². The minimum Gasteiger partial charge on any atom is -0.453 e. The van der Waals surface area contributed by atoms with E-state index in [1.165, 1.54) is 4.68 Å². The molecule has 192 valence electrons. The highest BCUT2D eigenvalue weighted by Crippen LogP contribution is 2.33. The summed E-state index contributed by atoms with van der Waals surface area (Å²) in [5.74, 6) is 0.688. The van der Waals surface area contributed by atoms with Crippen molar-refractivity contribution in [1.82, 2.24) is 14.2 Å². The average molecular weight is 552 g/mol. The van der Waals surface area contributed by atoms with E-state index in [1.807, 2.05) is 39.8 Å². The Balaban J connectivity index is 1.52. The molecule has 0 radical (unpaired) electrons. The molecule has 0 atom stereocenters. The topological polar surface area (TPSA) is 89.1 Å². The average Bonchev–Trinajstić information content (AvgIpc) is 3.55. The number of thiophene rings is 1. The Morgan fingerprint density at radius 1 is 1.10 bits per heavy atom. The molecule has 0 N–H and O–H groups in total. The monoisotopic (exact) mass is 551 g/mol. The fourth-order valence-electron chi connectivity index (χ4n) is 4.76. The minimum atomic E-state index is -0.310. The van der Waals surface area contributed by atoms with E-state index >= 15 is 0 Å². The molecular formula is C30H22ClN5O2S. The Morgan fingerprint density at radius 2 is 1.90 bits per heavy atom. The molecule has 0 amide bonds. The second-order valence-corrected chi connectivity index (χ2v) is 11.0. The summed E-state index contributed by atoms with van der Waals surface area (Å²) < 4.78 is 9.40. The first-order valence-electron chi connectivity index (χ1n) is 12.2. The fraction of sp³-hybridized carbons (Fsp3) is 0.133. The van der Waals surface area contributed by atoms with Gasteiger partial charge in [-0.05, 0) is 75.7 Å². The lowest BCUT2D eigenvalue weighted by molar-refractivity contribution is 0.616. The fourth-order valence-corrected chi connectivity index (χ4v) is 6.16. The number of hydrogen-bond donors (Lipinski definition) is 0. The SMILES string of the molecule is Cc1sc(-n2c(C)cc(C=Nn3c(-c4cc5cc(Cl)ccc5o4)nc4ccccc4c3=O)c2C)c(C#N)c1C. The van der Waals surface area contributed by atoms with E-state index in [4.69, 9.17) is 21.0 Å². The van der Waals surface area contributed by atoms with Gasteiger partial charge in [0.2, 0.25) is 5.82 Å². The van der Waals surface area contributed by atoms with Crippen LogP contribution in [-0.4, -0.2) is 20.4 Å². The number of furan rings is 1. The van der Waals surface area contributed by atoms with Crippen LogP contribution >= 0.6 is 22.9 Å². The molecule has 7 nitrogen and oxygen atoms in total. The van der Waals surface area contributed by atoms with Crippen LogP contribution in [0, 0.1) is 39.0 Å². The molecule has 0 aliphatic rings. The molecule has 0 spiro atoms. The van der Waals surface area contributed by atoms with Crippen molar-refractivity contribution >= 4 is 51.0 Å². The van der Waals surface area contributed by atoms with E-state index in [2.05, 4.69) is 15.7 Å². The van der Waals surface area contributed by atoms with Crippen LogP contribution in [0.25, 0.3) is 38.5 Å². The second-order valence-electron chi connectivity index (χ2n) is 9.34. The Labute approximate surface area is 232 Å². The van der Waals surface area contributed by atoms with Gasteiger partial charge in [-0.1, -0.05) is 23.7 Å². The molecule has 2 aromatic carbocycles. The number of aromatic nitrogens is 3. The molecular weight excluding hydrogens is 530 g/mol. The van der Waals surface area contributed by atoms with Crippen LogP contribution in [0.1, 0.15) is 33.0 Å². The zero-order chi connectivity index (χ0) is 27.4. The van der Waals surface area contributed by atoms with Gasteiger partial charge in [0, 0.05) is 32.2 Å². The molecule has 6 aromatic rings. The van der Waals surface area contributed by atoms with Gasteiger partial charge in [-0.3, -0.25) is 4.79 Å². The molecule has 39 heavy (non-hydrogen) atoms. The van der Waals surface area contributed by atoms with Crippen LogP contribution in [0.5, 0.6) is 0 Å². The third kappa shape index (κ3) is 4.07. The maximum atomic E-state index is 13.6. The molecule has 4 heterocycles. The summed E-state index contributed by atoms with van der Waals surface area (Å²) in [6.45, 7) is 7.96. The first-order chi connectivity index (χ1) is 18.8. The molecule has 0 bridgehead atoms. The number of aryl methyl sites for hydroxylation is 2. The molecule has 4 aromatic heterocycles. The van der Waals surface area contributed by atoms with Gasteiger partial charge >= 0.3 is 0 Å². The highest BCUT2D eigenvalue weighted by Gasteiger charge is 2.20. The number of rotatable bonds is 4. The van der Waals surface area contributed by atoms with Gasteiger partial charge in [-0.25, -0.2) is 4.98 Å². The highest BCUT2D eigenvalue weighted by molar-refractivity contribution is 7.14. The smallest absolute Gasteiger partial charge is 0.282 e. The third-order valence-electron chi connectivity index (χ3n) is 6.92. The Bertz CT molecular complexity index is 2070. The van der Waals surface area contributed by atoms with Crippen molar-refractivity contribution in [2.75, 3.05) is 0 Å². The summed E-state index contributed by atoms with van der Waals surface area (Å²) >= 11 is 7.76. The summed E-state index contributed by atoms with van der Waals surface area (Å²) in [6, 6.07) is 18.6. The lowest BCUT2D eigenvalue weighted by Gasteiger charge is -2.08. The predicted molar refractivity (Wildman–Crippen MR) is 157 cm³/mol. The van der Waals surface area contributed by atoms with E-state index in [9.17, 15) is 10.1 Å². The Kier molecular flexibility index (Phi) is 5.98. The first-order valence-corrected chi connectivity index (χ1v) is 13.4. The normalized spacial score (nSPS) is 11.7. The van der Waals surface area contributed by atoms with Crippen molar-refractivity contribution in [3.05, 3.63) is 103 Å². The molecule has 0 aliphatic carbocycles. The molecule has 6 rings (SSSR count). The van der Waals surface area contributed by atoms with Crippen LogP contribution in [0.4, 0.5) is 0 Å². The van der Waals surface area contributed by atoms with E-state index < -0.39 is 0 Å². The number of para-hydroxylation sites is 1. The van der Waals surface area contributed by atoms with Crippen molar-refractivity contribution < 1.29 is 4.42 Å². The predicted octanol–water partition coefficient (Wildman–Crippen LogP) is 7.30. The number of hydrogen-bond acceptors (Lipinski definition) is 6. The van der Waals surface area contributed by atoms with Crippen LogP contribution in [0.15, 0.2) is 68.9 Å². The number of fused-ring (bicyclic) bond motifs is 2. The summed E-state index contributed by atoms with van der Waals surface area (Å²) in [4.78, 5) is 19.5. The van der Waals surface area contributed by atoms with Crippen molar-refractivity contribution in [2.24, 2.45) is 5.10 Å². The van der Waals surface area contributed by atoms with Gasteiger partial charge in [-0.15, -0.1) is 11.3 Å². The lowest BCUT2D eigenvalue weighted by Crippen LogP contribution is -2.20. The molecule has 0 aliphatic heterocycles. The second kappa shape index (κ2) is 9.38. The van der Waals surface area contributed by atoms with Crippen LogP contribution in [0.3, 0.4) is 0 Å². The first kappa shape index (κ1) is 24.9. The van der Waals surface area contributed by atoms with E-state index in [0.29, 0.717) is 32.8 Å². The van der Waals surface area contributed by atoms with Crippen molar-refractivity contribution in [1.29, 1.82) is 5.26 Å². The molecule has 9 heteroatoms. The third-order valence-corrected chi connectivity index (χ3v) is 8.34. The largest absolute Gasteiger partial charge is 0.453 e. The van der Waals surface area contributed by atoms with Crippen LogP contribution in [-0.2, 0) is 0 Å². The van der Waals surface area contributed by atoms with Crippen molar-refractivity contribution in [2.45, 2.75) is 27.7 Å². The Hall–Kier alpha value is -4.45. The molecule has 0 fully saturated rings. The minimum absolute atomic E-state index is 0.285. The zero-order valence-electron chi connectivity index (χ0n) is 21.6. The number of benzene rings is 2. The summed E-state index contributed by atoms with van der Waals surface area (Å²) in [5.41, 5.74) is 5.23. The molecule has 0 saturated heterocycles. The standard InChI is InChI=1S/C30H22ClN5O2S/c1-16-11-21(18(3)35(16)30-24(14-32)17(2)19(4)39-30)15-33-36-28(34-25-8-6-5-7-23(25)29(36)37)27-13-20-12-22(31)9-10-26(20)38-27/h5-13,15H,1-4H3. The van der Waals surface area contributed by atoms with Gasteiger partial charge in [0.15, 0.2) is 5.76 Å². The van der Waals surface area contributed by atoms with Gasteiger partial charge in [0.05, 0.1) is 22.7 Å². The number of halogens is 1. The van der Waals surface area contributed by atoms with E-state index in [0.717, 1.165) is 37.8 Å². The number of nitrogens with zero attached hydrogens (tertiary/aromatic N) is 5. The Morgan fingerprint density at radius 3 is 2.69 bits per heavy atom. The van der Waals surface area contributed by atoms with Crippen molar-refractivity contribution in [3.63, 3.8) is 0 Å². The highest BCUT2D eigenvalue weighted by atomic mass is 35.5. The van der Waals surface area contributed by atoms with Gasteiger partial charge in [0.25, 0.3) is 5.56 Å². The quantitative estimate of drug-likeness (QED) is 0.215.